The van der Waals surface area contributed by atoms with Crippen LogP contribution in [-0.4, -0.2) is 77.7 Å². The normalized spacial score (nSPS) is 22.8. The first-order valence-corrected chi connectivity index (χ1v) is 16.0. The molecule has 0 spiro atoms. The Kier molecular flexibility index (Phi) is 9.01. The number of likely N-dealkylation sites (tertiary alicyclic amines) is 2. The Morgan fingerprint density at radius 2 is 1.66 bits per heavy atom. The summed E-state index contributed by atoms with van der Waals surface area (Å²) in [6.45, 7) is 5.63. The molecule has 6 rings (SSSR count). The first-order chi connectivity index (χ1) is 20.0. The van der Waals surface area contributed by atoms with Crippen molar-refractivity contribution in [2.24, 2.45) is 11.8 Å². The van der Waals surface area contributed by atoms with Crippen LogP contribution in [0.25, 0.3) is 10.9 Å². The fraction of sp³-hybridized carbons (Fsp3) is 0.515. The minimum Gasteiger partial charge on any atom is -0.396 e. The van der Waals surface area contributed by atoms with E-state index < -0.39 is 0 Å². The molecule has 6 nitrogen and oxygen atoms in total. The van der Waals surface area contributed by atoms with Gasteiger partial charge in [0.15, 0.2) is 0 Å². The van der Waals surface area contributed by atoms with Crippen LogP contribution >= 0.6 is 23.2 Å². The van der Waals surface area contributed by atoms with Crippen LogP contribution < -0.4 is 4.90 Å². The predicted octanol–water partition coefficient (Wildman–Crippen LogP) is 6.31. The maximum atomic E-state index is 13.9. The third-order valence-electron chi connectivity index (χ3n) is 9.52. The van der Waals surface area contributed by atoms with Gasteiger partial charge in [0.05, 0.1) is 21.1 Å². The number of aromatic nitrogens is 1. The van der Waals surface area contributed by atoms with Crippen molar-refractivity contribution in [2.75, 3.05) is 50.8 Å². The molecule has 3 fully saturated rings. The van der Waals surface area contributed by atoms with Gasteiger partial charge in [0, 0.05) is 50.8 Å². The Balaban J connectivity index is 1.09. The smallest absolute Gasteiger partial charge is 0.254 e. The van der Waals surface area contributed by atoms with E-state index in [-0.39, 0.29) is 18.4 Å². The SMILES string of the molecule is O=C(c1cc(N2CCCCC2)nc2ccccc12)N1CCC(N2CCC(Cc3ccc(Cl)c(Cl)c3)[C@H](CO)C2)CC1. The molecule has 1 unspecified atom stereocenters. The number of rotatable bonds is 6. The molecule has 1 N–H and O–H groups in total. The quantitative estimate of drug-likeness (QED) is 0.362. The van der Waals surface area contributed by atoms with Crippen LogP contribution in [0.3, 0.4) is 0 Å². The summed E-state index contributed by atoms with van der Waals surface area (Å²) in [6, 6.07) is 16.4. The van der Waals surface area contributed by atoms with Crippen LogP contribution in [0.1, 0.15) is 54.4 Å². The Bertz CT molecular complexity index is 1370. The van der Waals surface area contributed by atoms with E-state index in [9.17, 15) is 9.90 Å². The molecule has 41 heavy (non-hydrogen) atoms. The largest absolute Gasteiger partial charge is 0.396 e. The lowest BCUT2D eigenvalue weighted by Gasteiger charge is -2.44. The number of anilines is 1. The maximum absolute atomic E-state index is 13.9. The zero-order chi connectivity index (χ0) is 28.3. The highest BCUT2D eigenvalue weighted by atomic mass is 35.5. The molecule has 0 radical (unpaired) electrons. The Morgan fingerprint density at radius 1 is 0.878 bits per heavy atom. The lowest BCUT2D eigenvalue weighted by Crippen LogP contribution is -2.52. The molecule has 8 heteroatoms. The zero-order valence-corrected chi connectivity index (χ0v) is 25.2. The van der Waals surface area contributed by atoms with Crippen LogP contribution in [0.4, 0.5) is 5.82 Å². The summed E-state index contributed by atoms with van der Waals surface area (Å²) < 4.78 is 0. The number of para-hydroxylation sites is 1. The average Bonchev–Trinajstić information content (AvgIpc) is 3.02. The lowest BCUT2D eigenvalue weighted by atomic mass is 9.80. The summed E-state index contributed by atoms with van der Waals surface area (Å²) >= 11 is 12.4. The number of amides is 1. The molecule has 4 heterocycles. The van der Waals surface area contributed by atoms with E-state index >= 15 is 0 Å². The summed E-state index contributed by atoms with van der Waals surface area (Å²) in [5, 5.41) is 12.4. The van der Waals surface area contributed by atoms with Crippen molar-refractivity contribution in [3.63, 3.8) is 0 Å². The highest BCUT2D eigenvalue weighted by Crippen LogP contribution is 2.33. The van der Waals surface area contributed by atoms with Crippen molar-refractivity contribution in [1.29, 1.82) is 0 Å². The molecule has 3 saturated heterocycles. The Hall–Kier alpha value is -2.38. The highest BCUT2D eigenvalue weighted by Gasteiger charge is 2.35. The van der Waals surface area contributed by atoms with Gasteiger partial charge < -0.3 is 14.9 Å². The zero-order valence-electron chi connectivity index (χ0n) is 23.7. The van der Waals surface area contributed by atoms with Gasteiger partial charge in [-0.25, -0.2) is 4.98 Å². The van der Waals surface area contributed by atoms with Crippen molar-refractivity contribution < 1.29 is 9.90 Å². The van der Waals surface area contributed by atoms with Crippen LogP contribution in [-0.2, 0) is 6.42 Å². The van der Waals surface area contributed by atoms with Crippen molar-refractivity contribution in [3.8, 4) is 0 Å². The summed E-state index contributed by atoms with van der Waals surface area (Å²) in [7, 11) is 0. The molecule has 0 saturated carbocycles. The molecule has 3 aliphatic rings. The number of hydrogen-bond donors (Lipinski definition) is 1. The highest BCUT2D eigenvalue weighted by molar-refractivity contribution is 6.42. The van der Waals surface area contributed by atoms with E-state index in [0.29, 0.717) is 22.0 Å². The fourth-order valence-corrected chi connectivity index (χ4v) is 7.43. The molecule has 2 aromatic carbocycles. The first-order valence-electron chi connectivity index (χ1n) is 15.2. The number of hydrogen-bond acceptors (Lipinski definition) is 5. The van der Waals surface area contributed by atoms with Gasteiger partial charge in [0.1, 0.15) is 5.82 Å². The summed E-state index contributed by atoms with van der Waals surface area (Å²) in [6.07, 6.45) is 7.49. The standard InChI is InChI=1S/C33H40Cl2N4O2/c34-29-9-8-23(19-30(29)35)18-24-10-15-39(21-25(24)22-40)26-11-16-38(17-12-26)33(41)28-20-32(37-13-4-1-5-14-37)36-31-7-3-2-6-27(28)31/h2-3,6-9,19-20,24-26,40H,1,4-5,10-18,21-22H2/t24?,25-/m0/s1. The van der Waals surface area contributed by atoms with Crippen molar-refractivity contribution in [1.82, 2.24) is 14.8 Å². The summed E-state index contributed by atoms with van der Waals surface area (Å²) in [5.41, 5.74) is 2.85. The molecule has 1 aromatic heterocycles. The molecule has 0 aliphatic carbocycles. The lowest BCUT2D eigenvalue weighted by molar-refractivity contribution is 0.0242. The van der Waals surface area contributed by atoms with Crippen molar-refractivity contribution in [3.05, 3.63) is 69.7 Å². The third kappa shape index (κ3) is 6.36. The molecule has 1 amide bonds. The van der Waals surface area contributed by atoms with Crippen molar-refractivity contribution in [2.45, 2.75) is 51.0 Å². The maximum Gasteiger partial charge on any atom is 0.254 e. The minimum atomic E-state index is 0.119. The van der Waals surface area contributed by atoms with Gasteiger partial charge in [-0.2, -0.15) is 0 Å². The molecular weight excluding hydrogens is 555 g/mol. The van der Waals surface area contributed by atoms with Gasteiger partial charge in [-0.1, -0.05) is 47.5 Å². The first kappa shape index (κ1) is 28.7. The van der Waals surface area contributed by atoms with Gasteiger partial charge in [-0.3, -0.25) is 9.69 Å². The summed E-state index contributed by atoms with van der Waals surface area (Å²) in [4.78, 5) is 25.8. The van der Waals surface area contributed by atoms with Crippen LogP contribution in [0.2, 0.25) is 10.0 Å². The van der Waals surface area contributed by atoms with E-state index in [1.54, 1.807) is 0 Å². The number of aliphatic hydroxyl groups excluding tert-OH is 1. The van der Waals surface area contributed by atoms with E-state index in [1.165, 1.54) is 24.8 Å². The fourth-order valence-electron chi connectivity index (χ4n) is 7.11. The summed E-state index contributed by atoms with van der Waals surface area (Å²) in [5.74, 6) is 1.70. The van der Waals surface area contributed by atoms with Gasteiger partial charge >= 0.3 is 0 Å². The van der Waals surface area contributed by atoms with Gasteiger partial charge in [0.2, 0.25) is 0 Å². The number of carbonyl (C=O) groups is 1. The number of halogens is 2. The van der Waals surface area contributed by atoms with Crippen LogP contribution in [0.15, 0.2) is 48.5 Å². The Morgan fingerprint density at radius 3 is 2.41 bits per heavy atom. The average molecular weight is 596 g/mol. The molecule has 2 atom stereocenters. The van der Waals surface area contributed by atoms with Gasteiger partial charge in [-0.05, 0) is 93.2 Å². The predicted molar refractivity (Wildman–Crippen MR) is 167 cm³/mol. The van der Waals surface area contributed by atoms with Crippen molar-refractivity contribution >= 4 is 45.8 Å². The topological polar surface area (TPSA) is 59.9 Å². The number of piperidine rings is 3. The molecule has 0 bridgehead atoms. The second-order valence-electron chi connectivity index (χ2n) is 12.1. The van der Waals surface area contributed by atoms with E-state index in [4.69, 9.17) is 28.2 Å². The van der Waals surface area contributed by atoms with Crippen LogP contribution in [0, 0.1) is 11.8 Å². The third-order valence-corrected chi connectivity index (χ3v) is 10.3. The second kappa shape index (κ2) is 12.9. The number of nitrogens with zero attached hydrogens (tertiary/aromatic N) is 4. The minimum absolute atomic E-state index is 0.119. The molecule has 3 aromatic rings. The monoisotopic (exact) mass is 594 g/mol. The number of aliphatic hydroxyl groups is 1. The van der Waals surface area contributed by atoms with E-state index in [1.807, 2.05) is 53.4 Å². The second-order valence-corrected chi connectivity index (χ2v) is 12.9. The number of carbonyl (C=O) groups excluding carboxylic acids is 1. The number of pyridine rings is 1. The molecule has 218 valence electrons. The molecular formula is C33H40Cl2N4O2. The number of fused-ring (bicyclic) bond motifs is 1. The number of benzene rings is 2. The molecule has 3 aliphatic heterocycles. The van der Waals surface area contributed by atoms with E-state index in [2.05, 4.69) is 9.80 Å². The van der Waals surface area contributed by atoms with Crippen LogP contribution in [0.5, 0.6) is 0 Å². The van der Waals surface area contributed by atoms with Gasteiger partial charge in [-0.15, -0.1) is 0 Å². The van der Waals surface area contributed by atoms with E-state index in [0.717, 1.165) is 87.2 Å². The van der Waals surface area contributed by atoms with Gasteiger partial charge in [0.25, 0.3) is 5.91 Å². The Labute approximate surface area is 253 Å².